The van der Waals surface area contributed by atoms with Crippen molar-refractivity contribution in [3.05, 3.63) is 86.5 Å². The van der Waals surface area contributed by atoms with E-state index in [-0.39, 0.29) is 93.4 Å². The third kappa shape index (κ3) is 13.7. The third-order valence-corrected chi connectivity index (χ3v) is 10.0. The highest BCUT2D eigenvalue weighted by Crippen LogP contribution is 2.38. The Balaban J connectivity index is 1.98. The highest BCUT2D eigenvalue weighted by molar-refractivity contribution is 5.78. The lowest BCUT2D eigenvalue weighted by Gasteiger charge is -2.26. The molecule has 1 aliphatic rings. The molecule has 0 spiro atoms. The van der Waals surface area contributed by atoms with Gasteiger partial charge in [-0.15, -0.1) is 0 Å². The Labute approximate surface area is 357 Å². The minimum Gasteiger partial charge on any atom is -0.483 e. The van der Waals surface area contributed by atoms with Crippen LogP contribution >= 0.6 is 0 Å². The van der Waals surface area contributed by atoms with Gasteiger partial charge >= 0.3 is 0 Å². The maximum atomic E-state index is 12.8. The summed E-state index contributed by atoms with van der Waals surface area (Å²) in [7, 11) is 0. The Bertz CT molecular complexity index is 1660. The van der Waals surface area contributed by atoms with Crippen molar-refractivity contribution in [2.45, 2.75) is 139 Å². The van der Waals surface area contributed by atoms with Crippen molar-refractivity contribution in [1.82, 2.24) is 16.0 Å². The number of benzene rings is 3. The van der Waals surface area contributed by atoms with Crippen LogP contribution in [0.25, 0.3) is 0 Å². The SMILES string of the molecule is CCNC(=O)COc1c2cc(C(C)(C)C)cc1COCc1cc(C(C)(C)C)cc(c1OCC(=O)NCC)COCc1cc(C(C)(C)C)cc(c1OCC(=O)NCC)COC2. The van der Waals surface area contributed by atoms with E-state index in [1.807, 2.05) is 20.8 Å². The smallest absolute Gasteiger partial charge is 0.257 e. The third-order valence-electron chi connectivity index (χ3n) is 10.0. The summed E-state index contributed by atoms with van der Waals surface area (Å²) < 4.78 is 38.7. The predicted octanol–water partition coefficient (Wildman–Crippen LogP) is 7.59. The van der Waals surface area contributed by atoms with E-state index in [1.54, 1.807) is 0 Å². The van der Waals surface area contributed by atoms with Crippen molar-refractivity contribution < 1.29 is 42.8 Å². The minimum absolute atomic E-state index is 0.151. The molecular weight excluding hydrogens is 763 g/mol. The van der Waals surface area contributed by atoms with E-state index < -0.39 is 0 Å². The zero-order chi connectivity index (χ0) is 44.3. The average molecular weight is 832 g/mol. The van der Waals surface area contributed by atoms with Gasteiger partial charge < -0.3 is 44.4 Å². The Morgan fingerprint density at radius 2 is 0.633 bits per heavy atom. The summed E-state index contributed by atoms with van der Waals surface area (Å²) in [6, 6.07) is 12.4. The lowest BCUT2D eigenvalue weighted by atomic mass is 9.84. The van der Waals surface area contributed by atoms with Crippen LogP contribution < -0.4 is 30.2 Å². The fourth-order valence-corrected chi connectivity index (χ4v) is 6.73. The molecule has 0 aliphatic carbocycles. The Kier molecular flexibility index (Phi) is 17.0. The Hall–Kier alpha value is -4.65. The fourth-order valence-electron chi connectivity index (χ4n) is 6.73. The topological polar surface area (TPSA) is 143 Å². The van der Waals surface area contributed by atoms with E-state index in [9.17, 15) is 14.4 Å². The van der Waals surface area contributed by atoms with Gasteiger partial charge in [0.05, 0.1) is 39.6 Å². The van der Waals surface area contributed by atoms with Crippen LogP contribution in [0, 0.1) is 0 Å². The molecule has 1 heterocycles. The molecule has 4 rings (SSSR count). The zero-order valence-electron chi connectivity index (χ0n) is 38.1. The molecule has 0 unspecified atom stereocenters. The molecule has 1 aliphatic heterocycles. The number of rotatable bonds is 12. The quantitative estimate of drug-likeness (QED) is 0.168. The van der Waals surface area contributed by atoms with E-state index in [2.05, 4.69) is 115 Å². The summed E-state index contributed by atoms with van der Waals surface area (Å²) in [5.41, 5.74) is 6.95. The van der Waals surface area contributed by atoms with Crippen molar-refractivity contribution in [3.8, 4) is 17.2 Å². The summed E-state index contributed by atoms with van der Waals surface area (Å²) in [6.45, 7) is 26.6. The number of fused-ring (bicyclic) bond motifs is 6. The average Bonchev–Trinajstić information content (AvgIpc) is 3.15. The van der Waals surface area contributed by atoms with Crippen LogP contribution in [-0.4, -0.2) is 57.2 Å². The van der Waals surface area contributed by atoms with Crippen LogP contribution in [0.1, 0.15) is 133 Å². The van der Waals surface area contributed by atoms with Gasteiger partial charge in [-0.1, -0.05) is 62.3 Å². The number of carbonyl (C=O) groups is 3. The zero-order valence-corrected chi connectivity index (χ0v) is 38.1. The van der Waals surface area contributed by atoms with Crippen LogP contribution in [0.15, 0.2) is 36.4 Å². The van der Waals surface area contributed by atoms with Gasteiger partial charge in [0, 0.05) is 53.0 Å². The molecule has 330 valence electrons. The van der Waals surface area contributed by atoms with Gasteiger partial charge in [0.25, 0.3) is 17.7 Å². The summed E-state index contributed by atoms with van der Waals surface area (Å²) in [6.07, 6.45) is 0. The molecule has 0 aromatic heterocycles. The van der Waals surface area contributed by atoms with Crippen LogP contribution in [-0.2, 0) is 84.5 Å². The lowest BCUT2D eigenvalue weighted by Crippen LogP contribution is -2.29. The molecule has 3 amide bonds. The second kappa shape index (κ2) is 21.2. The molecule has 6 bridgehead atoms. The van der Waals surface area contributed by atoms with Gasteiger partial charge in [-0.25, -0.2) is 0 Å². The first-order chi connectivity index (χ1) is 28.2. The molecule has 0 atom stereocenters. The lowest BCUT2D eigenvalue weighted by molar-refractivity contribution is -0.123. The van der Waals surface area contributed by atoms with Gasteiger partial charge in [-0.3, -0.25) is 14.4 Å². The molecule has 3 N–H and O–H groups in total. The number of nitrogens with one attached hydrogen (secondary N) is 3. The molecule has 0 saturated heterocycles. The van der Waals surface area contributed by atoms with Crippen molar-refractivity contribution >= 4 is 17.7 Å². The first-order valence-electron chi connectivity index (χ1n) is 21.2. The second-order valence-electron chi connectivity index (χ2n) is 18.3. The molecule has 60 heavy (non-hydrogen) atoms. The van der Waals surface area contributed by atoms with Crippen LogP contribution in [0.4, 0.5) is 0 Å². The molecule has 0 saturated carbocycles. The Morgan fingerprint density at radius 1 is 0.433 bits per heavy atom. The predicted molar refractivity (Wildman–Crippen MR) is 233 cm³/mol. The normalized spacial score (nSPS) is 14.0. The standard InChI is InChI=1S/C48H69N3O9/c1-13-49-40(52)28-58-43-31-16-37(46(4,5)6)17-32(43)23-56-25-34-19-39(48(10,11)12)21-36(45(34)60-30-42(54)51-15-3)27-57-26-35-20-38(47(7,8)9)18-33(24-55-22-31)44(35)59-29-41(53)50-14-2/h16-21H,13-15,22-30H2,1-12H3,(H,49,52)(H,50,53)(H,51,54). The Morgan fingerprint density at radius 3 is 0.800 bits per heavy atom. The first-order valence-corrected chi connectivity index (χ1v) is 21.2. The van der Waals surface area contributed by atoms with E-state index in [0.717, 1.165) is 50.1 Å². The highest BCUT2D eigenvalue weighted by atomic mass is 16.5. The minimum atomic E-state index is -0.245. The summed E-state index contributed by atoms with van der Waals surface area (Å²) in [4.78, 5) is 38.3. The number of amides is 3. The first kappa shape index (κ1) is 48.0. The number of carbonyl (C=O) groups excluding carboxylic acids is 3. The molecule has 3 aromatic carbocycles. The second-order valence-corrected chi connectivity index (χ2v) is 18.3. The van der Waals surface area contributed by atoms with Crippen molar-refractivity contribution in [2.75, 3.05) is 39.5 Å². The molecular formula is C48H69N3O9. The molecule has 3 aromatic rings. The number of likely N-dealkylation sites (N-methyl/N-ethyl adjacent to an activating group) is 3. The number of hydrogen-bond acceptors (Lipinski definition) is 9. The fraction of sp³-hybridized carbons (Fsp3) is 0.562. The van der Waals surface area contributed by atoms with E-state index >= 15 is 0 Å². The largest absolute Gasteiger partial charge is 0.483 e. The van der Waals surface area contributed by atoms with Gasteiger partial charge in [0.15, 0.2) is 19.8 Å². The molecule has 0 radical (unpaired) electrons. The van der Waals surface area contributed by atoms with Crippen LogP contribution in [0.5, 0.6) is 17.2 Å². The van der Waals surface area contributed by atoms with E-state index in [1.165, 1.54) is 0 Å². The summed E-state index contributed by atoms with van der Waals surface area (Å²) >= 11 is 0. The van der Waals surface area contributed by atoms with Crippen LogP contribution in [0.3, 0.4) is 0 Å². The van der Waals surface area contributed by atoms with Gasteiger partial charge in [0.1, 0.15) is 17.2 Å². The van der Waals surface area contributed by atoms with E-state index in [0.29, 0.717) is 36.9 Å². The summed E-state index contributed by atoms with van der Waals surface area (Å²) in [5, 5.41) is 8.47. The molecule has 12 heteroatoms. The number of hydrogen-bond donors (Lipinski definition) is 3. The van der Waals surface area contributed by atoms with Crippen molar-refractivity contribution in [2.24, 2.45) is 0 Å². The van der Waals surface area contributed by atoms with Crippen LogP contribution in [0.2, 0.25) is 0 Å². The van der Waals surface area contributed by atoms with Gasteiger partial charge in [-0.05, 0) is 90.1 Å². The highest BCUT2D eigenvalue weighted by Gasteiger charge is 2.26. The maximum absolute atomic E-state index is 12.8. The van der Waals surface area contributed by atoms with Crippen molar-refractivity contribution in [3.63, 3.8) is 0 Å². The maximum Gasteiger partial charge on any atom is 0.257 e. The monoisotopic (exact) mass is 832 g/mol. The summed E-state index contributed by atoms with van der Waals surface area (Å²) in [5.74, 6) is 0.809. The van der Waals surface area contributed by atoms with Crippen molar-refractivity contribution in [1.29, 1.82) is 0 Å². The van der Waals surface area contributed by atoms with Gasteiger partial charge in [-0.2, -0.15) is 0 Å². The van der Waals surface area contributed by atoms with E-state index in [4.69, 9.17) is 28.4 Å². The number of ether oxygens (including phenoxy) is 6. The molecule has 0 fully saturated rings. The molecule has 12 nitrogen and oxygen atoms in total. The van der Waals surface area contributed by atoms with Gasteiger partial charge in [0.2, 0.25) is 0 Å².